The summed E-state index contributed by atoms with van der Waals surface area (Å²) in [6.45, 7) is 8.59. The van der Waals surface area contributed by atoms with Gasteiger partial charge in [-0.15, -0.1) is 11.8 Å². The molecule has 9 heteroatoms. The van der Waals surface area contributed by atoms with Crippen molar-refractivity contribution in [1.82, 2.24) is 15.1 Å². The predicted molar refractivity (Wildman–Crippen MR) is 147 cm³/mol. The number of carbonyl (C=O) groups is 2. The minimum atomic E-state index is -0.317. The van der Waals surface area contributed by atoms with Gasteiger partial charge in [0, 0.05) is 17.0 Å². The quantitative estimate of drug-likeness (QED) is 0.515. The number of para-hydroxylation sites is 1. The molecule has 2 aromatic carbocycles. The molecule has 198 valence electrons. The highest BCUT2D eigenvalue weighted by Crippen LogP contribution is 2.50. The van der Waals surface area contributed by atoms with Gasteiger partial charge in [-0.25, -0.2) is 4.68 Å². The second kappa shape index (κ2) is 9.38. The Kier molecular flexibility index (Phi) is 6.13. The van der Waals surface area contributed by atoms with Crippen molar-refractivity contribution in [2.24, 2.45) is 0 Å². The lowest BCUT2D eigenvalue weighted by Gasteiger charge is -2.25. The first-order chi connectivity index (χ1) is 18.2. The van der Waals surface area contributed by atoms with E-state index in [1.54, 1.807) is 16.7 Å². The Morgan fingerprint density at radius 3 is 2.63 bits per heavy atom. The fourth-order valence-corrected chi connectivity index (χ4v) is 6.21. The zero-order valence-corrected chi connectivity index (χ0v) is 22.9. The third-order valence-electron chi connectivity index (χ3n) is 7.09. The zero-order valence-electron chi connectivity index (χ0n) is 22.1. The Labute approximate surface area is 226 Å². The van der Waals surface area contributed by atoms with Crippen molar-refractivity contribution < 1.29 is 19.1 Å². The van der Waals surface area contributed by atoms with Crippen LogP contribution in [0.5, 0.6) is 11.5 Å². The van der Waals surface area contributed by atoms with Gasteiger partial charge in [-0.05, 0) is 49.1 Å². The number of hydrogen-bond donors (Lipinski definition) is 1. The SMILES string of the molecule is Cc1ccccc1-n1nc(C(C)(C)C)c2c1N(CC(=O)NC1CC1)C(=O)CS[C@@H]2c1ccc2c(c1)OCO2. The number of benzene rings is 2. The first-order valence-corrected chi connectivity index (χ1v) is 14.1. The van der Waals surface area contributed by atoms with Crippen LogP contribution in [0.25, 0.3) is 5.69 Å². The van der Waals surface area contributed by atoms with Crippen LogP contribution in [0.4, 0.5) is 5.82 Å². The minimum Gasteiger partial charge on any atom is -0.454 e. The molecule has 2 aliphatic heterocycles. The topological polar surface area (TPSA) is 85.7 Å². The van der Waals surface area contributed by atoms with Gasteiger partial charge >= 0.3 is 0 Å². The number of nitrogens with one attached hydrogen (secondary N) is 1. The molecule has 1 aromatic heterocycles. The molecule has 1 N–H and O–H groups in total. The van der Waals surface area contributed by atoms with Gasteiger partial charge in [0.15, 0.2) is 11.5 Å². The first-order valence-electron chi connectivity index (χ1n) is 13.0. The summed E-state index contributed by atoms with van der Waals surface area (Å²) in [5.74, 6) is 2.06. The monoisotopic (exact) mass is 532 g/mol. The van der Waals surface area contributed by atoms with Gasteiger partial charge in [0.05, 0.1) is 22.4 Å². The summed E-state index contributed by atoms with van der Waals surface area (Å²) in [7, 11) is 0. The zero-order chi connectivity index (χ0) is 26.6. The number of aryl methyl sites for hydroxylation is 1. The highest BCUT2D eigenvalue weighted by Gasteiger charge is 2.40. The lowest BCUT2D eigenvalue weighted by atomic mass is 9.87. The molecule has 1 atom stereocenters. The van der Waals surface area contributed by atoms with Crippen molar-refractivity contribution in [2.45, 2.75) is 57.2 Å². The van der Waals surface area contributed by atoms with E-state index < -0.39 is 0 Å². The van der Waals surface area contributed by atoms with Crippen molar-refractivity contribution in [3.8, 4) is 17.2 Å². The third-order valence-corrected chi connectivity index (χ3v) is 8.34. The van der Waals surface area contributed by atoms with Crippen LogP contribution < -0.4 is 19.7 Å². The lowest BCUT2D eigenvalue weighted by Crippen LogP contribution is -2.43. The van der Waals surface area contributed by atoms with E-state index in [9.17, 15) is 9.59 Å². The second-order valence-electron chi connectivity index (χ2n) is 11.2. The summed E-state index contributed by atoms with van der Waals surface area (Å²) in [4.78, 5) is 28.4. The lowest BCUT2D eigenvalue weighted by molar-refractivity contribution is -0.123. The summed E-state index contributed by atoms with van der Waals surface area (Å²) in [6, 6.07) is 14.2. The third kappa shape index (κ3) is 4.53. The van der Waals surface area contributed by atoms with Crippen LogP contribution in [0.1, 0.15) is 61.2 Å². The molecule has 3 heterocycles. The Hall–Kier alpha value is -3.46. The van der Waals surface area contributed by atoms with E-state index in [0.717, 1.165) is 40.9 Å². The maximum atomic E-state index is 13.7. The van der Waals surface area contributed by atoms with E-state index in [0.29, 0.717) is 17.3 Å². The molecule has 0 unspecified atom stereocenters. The fourth-order valence-electron chi connectivity index (χ4n) is 5.03. The molecule has 3 aromatic rings. The maximum absolute atomic E-state index is 13.7. The molecular weight excluding hydrogens is 500 g/mol. The number of anilines is 1. The van der Waals surface area contributed by atoms with Gasteiger partial charge in [0.1, 0.15) is 12.4 Å². The van der Waals surface area contributed by atoms with Gasteiger partial charge in [0.2, 0.25) is 18.6 Å². The van der Waals surface area contributed by atoms with Crippen molar-refractivity contribution in [2.75, 3.05) is 24.0 Å². The van der Waals surface area contributed by atoms with E-state index in [2.05, 4.69) is 26.1 Å². The molecular formula is C29H32N4O4S. The molecule has 0 spiro atoms. The Balaban J connectivity index is 1.57. The normalized spacial score (nSPS) is 18.8. The number of rotatable bonds is 5. The van der Waals surface area contributed by atoms with Crippen molar-refractivity contribution >= 4 is 29.4 Å². The second-order valence-corrected chi connectivity index (χ2v) is 12.3. The molecule has 8 nitrogen and oxygen atoms in total. The van der Waals surface area contributed by atoms with E-state index in [-0.39, 0.29) is 47.6 Å². The molecule has 3 aliphatic rings. The smallest absolute Gasteiger partial charge is 0.240 e. The molecule has 2 amide bonds. The van der Waals surface area contributed by atoms with Crippen LogP contribution in [0.3, 0.4) is 0 Å². The minimum absolute atomic E-state index is 0.0437. The van der Waals surface area contributed by atoms with Gasteiger partial charge in [-0.3, -0.25) is 14.5 Å². The summed E-state index contributed by atoms with van der Waals surface area (Å²) < 4.78 is 13.1. The number of hydrogen-bond acceptors (Lipinski definition) is 6. The number of fused-ring (bicyclic) bond motifs is 2. The van der Waals surface area contributed by atoms with E-state index >= 15 is 0 Å². The van der Waals surface area contributed by atoms with Gasteiger partial charge < -0.3 is 14.8 Å². The Bertz CT molecular complexity index is 1420. The molecule has 1 aliphatic carbocycles. The highest BCUT2D eigenvalue weighted by atomic mass is 32.2. The van der Waals surface area contributed by atoms with Crippen LogP contribution in [0.2, 0.25) is 0 Å². The number of ether oxygens (including phenoxy) is 2. The number of amides is 2. The molecule has 1 fully saturated rings. The van der Waals surface area contributed by atoms with Crippen LogP contribution in [0, 0.1) is 6.92 Å². The Morgan fingerprint density at radius 2 is 1.89 bits per heavy atom. The highest BCUT2D eigenvalue weighted by molar-refractivity contribution is 8.00. The van der Waals surface area contributed by atoms with E-state index in [1.165, 1.54) is 0 Å². The summed E-state index contributed by atoms with van der Waals surface area (Å²) in [5.41, 5.74) is 4.46. The molecule has 0 radical (unpaired) electrons. The molecule has 38 heavy (non-hydrogen) atoms. The number of nitrogens with zero attached hydrogens (tertiary/aromatic N) is 3. The molecule has 0 bridgehead atoms. The number of thioether (sulfide) groups is 1. The van der Waals surface area contributed by atoms with Crippen molar-refractivity contribution in [1.29, 1.82) is 0 Å². The average molecular weight is 533 g/mol. The van der Waals surface area contributed by atoms with Crippen molar-refractivity contribution in [3.63, 3.8) is 0 Å². The maximum Gasteiger partial charge on any atom is 0.240 e. The van der Waals surface area contributed by atoms with Crippen LogP contribution >= 0.6 is 11.8 Å². The number of aromatic nitrogens is 2. The standard InChI is InChI=1S/C29H32N4O4S/c1-17-7-5-6-8-20(17)33-28-25(27(31-33)29(2,3)4)26(18-9-12-21-22(13-18)37-16-36-21)38-15-24(35)32(28)14-23(34)30-19-10-11-19/h5-9,12-13,19,26H,10-11,14-16H2,1-4H3,(H,30,34)/t26-/m1/s1. The van der Waals surface area contributed by atoms with E-state index in [4.69, 9.17) is 14.6 Å². The van der Waals surface area contributed by atoms with Gasteiger partial charge in [0.25, 0.3) is 0 Å². The van der Waals surface area contributed by atoms with Gasteiger partial charge in [-0.2, -0.15) is 5.10 Å². The molecule has 6 rings (SSSR count). The summed E-state index contributed by atoms with van der Waals surface area (Å²) in [6.07, 6.45) is 1.98. The van der Waals surface area contributed by atoms with E-state index in [1.807, 2.05) is 54.1 Å². The van der Waals surface area contributed by atoms with Crippen LogP contribution in [-0.4, -0.2) is 46.7 Å². The predicted octanol–water partition coefficient (Wildman–Crippen LogP) is 4.65. The molecule has 1 saturated carbocycles. The van der Waals surface area contributed by atoms with Crippen LogP contribution in [0.15, 0.2) is 42.5 Å². The summed E-state index contributed by atoms with van der Waals surface area (Å²) >= 11 is 1.56. The van der Waals surface area contributed by atoms with Crippen molar-refractivity contribution in [3.05, 3.63) is 64.8 Å². The number of carbonyl (C=O) groups excluding carboxylic acids is 2. The Morgan fingerprint density at radius 1 is 1.13 bits per heavy atom. The summed E-state index contributed by atoms with van der Waals surface area (Å²) in [5, 5.41) is 8.04. The fraction of sp³-hybridized carbons (Fsp3) is 0.414. The largest absolute Gasteiger partial charge is 0.454 e. The first kappa shape index (κ1) is 24.9. The van der Waals surface area contributed by atoms with Gasteiger partial charge in [-0.1, -0.05) is 45.0 Å². The average Bonchev–Trinajstić information content (AvgIpc) is 3.44. The van der Waals surface area contributed by atoms with Crippen LogP contribution in [-0.2, 0) is 15.0 Å². The molecule has 0 saturated heterocycles.